The van der Waals surface area contributed by atoms with Crippen LogP contribution in [0.2, 0.25) is 0 Å². The van der Waals surface area contributed by atoms with Crippen LogP contribution in [0.25, 0.3) is 0 Å². The van der Waals surface area contributed by atoms with Gasteiger partial charge >= 0.3 is 0 Å². The number of benzene rings is 1. The van der Waals surface area contributed by atoms with Gasteiger partial charge in [-0.1, -0.05) is 23.6 Å². The second-order valence-corrected chi connectivity index (χ2v) is 4.54. The molecular weight excluding hydrogens is 168 g/mol. The molecule has 14 heavy (non-hydrogen) atoms. The number of hydrogen-bond donors (Lipinski definition) is 0. The molecule has 0 saturated heterocycles. The molecule has 0 radical (unpaired) electrons. The molecule has 0 nitrogen and oxygen atoms in total. The van der Waals surface area contributed by atoms with E-state index in [9.17, 15) is 0 Å². The number of aryl methyl sites for hydroxylation is 3. The van der Waals surface area contributed by atoms with Gasteiger partial charge in [0.15, 0.2) is 0 Å². The van der Waals surface area contributed by atoms with Crippen molar-refractivity contribution in [3.8, 4) is 12.3 Å². The monoisotopic (exact) mass is 186 g/mol. The lowest BCUT2D eigenvalue weighted by molar-refractivity contribution is 0.687. The van der Waals surface area contributed by atoms with Crippen LogP contribution in [-0.2, 0) is 5.41 Å². The highest BCUT2D eigenvalue weighted by Gasteiger charge is 2.21. The van der Waals surface area contributed by atoms with E-state index in [1.165, 1.54) is 22.3 Å². The maximum absolute atomic E-state index is 5.56. The summed E-state index contributed by atoms with van der Waals surface area (Å²) in [6.45, 7) is 10.6. The normalized spacial score (nSPS) is 11.1. The Morgan fingerprint density at radius 2 is 1.50 bits per heavy atom. The molecule has 0 unspecified atom stereocenters. The van der Waals surface area contributed by atoms with Crippen molar-refractivity contribution in [2.75, 3.05) is 0 Å². The van der Waals surface area contributed by atoms with Crippen molar-refractivity contribution >= 4 is 0 Å². The van der Waals surface area contributed by atoms with Crippen molar-refractivity contribution in [2.45, 2.75) is 40.0 Å². The summed E-state index contributed by atoms with van der Waals surface area (Å²) in [5.74, 6) is 2.86. The average molecular weight is 186 g/mol. The minimum Gasteiger partial charge on any atom is -0.119 e. The van der Waals surface area contributed by atoms with E-state index >= 15 is 0 Å². The molecule has 0 aromatic heterocycles. The van der Waals surface area contributed by atoms with Crippen molar-refractivity contribution in [2.24, 2.45) is 0 Å². The minimum absolute atomic E-state index is 0.165. The molecular formula is C14H18. The van der Waals surface area contributed by atoms with Gasteiger partial charge in [0.05, 0.1) is 5.41 Å². The largest absolute Gasteiger partial charge is 0.119 e. The summed E-state index contributed by atoms with van der Waals surface area (Å²) in [5.41, 5.74) is 5.03. The molecule has 1 rings (SSSR count). The van der Waals surface area contributed by atoms with Gasteiger partial charge in [0, 0.05) is 0 Å². The van der Waals surface area contributed by atoms with E-state index in [1.54, 1.807) is 0 Å². The molecule has 1 aromatic rings. The number of hydrogen-bond acceptors (Lipinski definition) is 0. The molecule has 0 heteroatoms. The van der Waals surface area contributed by atoms with Crippen LogP contribution in [0.1, 0.15) is 36.1 Å². The topological polar surface area (TPSA) is 0 Å². The Kier molecular flexibility index (Phi) is 2.71. The van der Waals surface area contributed by atoms with Crippen LogP contribution in [0.3, 0.4) is 0 Å². The van der Waals surface area contributed by atoms with Crippen LogP contribution < -0.4 is 0 Å². The molecule has 0 bridgehead atoms. The van der Waals surface area contributed by atoms with E-state index in [2.05, 4.69) is 52.7 Å². The van der Waals surface area contributed by atoms with E-state index in [1.807, 2.05) is 0 Å². The van der Waals surface area contributed by atoms with Gasteiger partial charge < -0.3 is 0 Å². The van der Waals surface area contributed by atoms with Gasteiger partial charge in [0.2, 0.25) is 0 Å². The van der Waals surface area contributed by atoms with Crippen LogP contribution in [0.15, 0.2) is 12.1 Å². The molecule has 0 aliphatic carbocycles. The summed E-state index contributed by atoms with van der Waals surface area (Å²) in [5, 5.41) is 0. The van der Waals surface area contributed by atoms with Gasteiger partial charge in [-0.15, -0.1) is 6.42 Å². The molecule has 0 atom stereocenters. The lowest BCUT2D eigenvalue weighted by atomic mass is 9.79. The van der Waals surface area contributed by atoms with Gasteiger partial charge in [0.1, 0.15) is 0 Å². The zero-order valence-electron chi connectivity index (χ0n) is 9.73. The lowest BCUT2D eigenvalue weighted by Gasteiger charge is -2.23. The van der Waals surface area contributed by atoms with Crippen molar-refractivity contribution in [3.63, 3.8) is 0 Å². The summed E-state index contributed by atoms with van der Waals surface area (Å²) in [7, 11) is 0. The maximum atomic E-state index is 5.56. The molecule has 0 amide bonds. The number of terminal acetylenes is 1. The highest BCUT2D eigenvalue weighted by molar-refractivity contribution is 5.45. The van der Waals surface area contributed by atoms with Crippen LogP contribution in [0.4, 0.5) is 0 Å². The molecule has 0 aliphatic heterocycles. The van der Waals surface area contributed by atoms with Gasteiger partial charge in [0.25, 0.3) is 0 Å². The smallest absolute Gasteiger partial charge is 0.0509 e. The second-order valence-electron chi connectivity index (χ2n) is 4.54. The van der Waals surface area contributed by atoms with Crippen molar-refractivity contribution in [1.82, 2.24) is 0 Å². The fraction of sp³-hybridized carbons (Fsp3) is 0.429. The van der Waals surface area contributed by atoms with E-state index in [0.29, 0.717) is 0 Å². The van der Waals surface area contributed by atoms with Crippen LogP contribution in [0, 0.1) is 33.1 Å². The Morgan fingerprint density at radius 3 is 1.86 bits per heavy atom. The standard InChI is InChI=1S/C14H18/c1-7-14(5,6)13-11(3)8-10(2)9-12(13)4/h1,8-9H,2-6H3. The maximum Gasteiger partial charge on any atom is 0.0509 e. The van der Waals surface area contributed by atoms with Gasteiger partial charge in [-0.3, -0.25) is 0 Å². The van der Waals surface area contributed by atoms with Crippen LogP contribution in [-0.4, -0.2) is 0 Å². The molecule has 0 aliphatic rings. The van der Waals surface area contributed by atoms with Crippen molar-refractivity contribution < 1.29 is 0 Å². The molecule has 1 aromatic carbocycles. The first-order valence-electron chi connectivity index (χ1n) is 4.94. The zero-order valence-corrected chi connectivity index (χ0v) is 9.73. The molecule has 0 saturated carbocycles. The first kappa shape index (κ1) is 10.9. The SMILES string of the molecule is C#CC(C)(C)c1c(C)cc(C)cc1C. The third kappa shape index (κ3) is 1.82. The first-order valence-corrected chi connectivity index (χ1v) is 4.94. The summed E-state index contributed by atoms with van der Waals surface area (Å²) in [6, 6.07) is 4.39. The summed E-state index contributed by atoms with van der Waals surface area (Å²) in [6.07, 6.45) is 5.56. The summed E-state index contributed by atoms with van der Waals surface area (Å²) < 4.78 is 0. The third-order valence-electron chi connectivity index (χ3n) is 2.66. The Morgan fingerprint density at radius 1 is 1.07 bits per heavy atom. The predicted octanol–water partition coefficient (Wildman–Crippen LogP) is 3.52. The lowest BCUT2D eigenvalue weighted by Crippen LogP contribution is -2.17. The Labute approximate surface area is 87.4 Å². The minimum atomic E-state index is -0.165. The van der Waals surface area contributed by atoms with E-state index in [0.717, 1.165) is 0 Å². The fourth-order valence-corrected chi connectivity index (χ4v) is 2.24. The van der Waals surface area contributed by atoms with Gasteiger partial charge in [-0.2, -0.15) is 0 Å². The summed E-state index contributed by atoms with van der Waals surface area (Å²) >= 11 is 0. The van der Waals surface area contributed by atoms with Gasteiger partial charge in [-0.05, 0) is 51.3 Å². The van der Waals surface area contributed by atoms with E-state index in [-0.39, 0.29) is 5.41 Å². The first-order chi connectivity index (χ1) is 6.38. The quantitative estimate of drug-likeness (QED) is 0.589. The van der Waals surface area contributed by atoms with Crippen molar-refractivity contribution in [3.05, 3.63) is 34.4 Å². The third-order valence-corrected chi connectivity index (χ3v) is 2.66. The molecule has 0 heterocycles. The molecule has 0 N–H and O–H groups in total. The highest BCUT2D eigenvalue weighted by atomic mass is 14.2. The van der Waals surface area contributed by atoms with E-state index < -0.39 is 0 Å². The Bertz CT molecular complexity index is 366. The van der Waals surface area contributed by atoms with Crippen LogP contribution >= 0.6 is 0 Å². The molecule has 0 spiro atoms. The Balaban J connectivity index is 3.44. The predicted molar refractivity (Wildman–Crippen MR) is 62.5 cm³/mol. The molecule has 74 valence electrons. The second kappa shape index (κ2) is 3.50. The molecule has 0 fully saturated rings. The van der Waals surface area contributed by atoms with Crippen LogP contribution in [0.5, 0.6) is 0 Å². The van der Waals surface area contributed by atoms with E-state index in [4.69, 9.17) is 6.42 Å². The summed E-state index contributed by atoms with van der Waals surface area (Å²) in [4.78, 5) is 0. The Hall–Kier alpha value is -1.22. The fourth-order valence-electron chi connectivity index (χ4n) is 2.24. The van der Waals surface area contributed by atoms with Crippen molar-refractivity contribution in [1.29, 1.82) is 0 Å². The number of rotatable bonds is 1. The highest BCUT2D eigenvalue weighted by Crippen LogP contribution is 2.29. The van der Waals surface area contributed by atoms with Gasteiger partial charge in [-0.25, -0.2) is 0 Å². The average Bonchev–Trinajstić information content (AvgIpc) is 2.01. The zero-order chi connectivity index (χ0) is 10.9.